The minimum Gasteiger partial charge on any atom is -0.494 e. The number of nitrogens with zero attached hydrogens (tertiary/aromatic N) is 1. The van der Waals surface area contributed by atoms with Gasteiger partial charge in [0.1, 0.15) is 11.3 Å². The molecular formula is C18H16ClNO4. The van der Waals surface area contributed by atoms with Crippen LogP contribution < -0.4 is 4.74 Å². The first-order valence-corrected chi connectivity index (χ1v) is 8.03. The molecular weight excluding hydrogens is 330 g/mol. The topological polar surface area (TPSA) is 72.6 Å². The molecule has 1 heterocycles. The van der Waals surface area contributed by atoms with Crippen LogP contribution in [0.4, 0.5) is 0 Å². The van der Waals surface area contributed by atoms with E-state index in [1.165, 1.54) is 12.1 Å². The van der Waals surface area contributed by atoms with E-state index in [0.717, 1.165) is 12.8 Å². The van der Waals surface area contributed by atoms with Gasteiger partial charge in [-0.1, -0.05) is 24.9 Å². The second-order valence-corrected chi connectivity index (χ2v) is 5.76. The van der Waals surface area contributed by atoms with E-state index in [9.17, 15) is 4.79 Å². The van der Waals surface area contributed by atoms with Crippen LogP contribution in [-0.4, -0.2) is 22.7 Å². The predicted molar refractivity (Wildman–Crippen MR) is 91.8 cm³/mol. The Hall–Kier alpha value is -2.53. The second kappa shape index (κ2) is 6.93. The lowest BCUT2D eigenvalue weighted by Crippen LogP contribution is -1.96. The van der Waals surface area contributed by atoms with Crippen LogP contribution in [0.3, 0.4) is 0 Å². The number of halogens is 1. The zero-order valence-electron chi connectivity index (χ0n) is 13.1. The molecule has 1 N–H and O–H groups in total. The third-order valence-electron chi connectivity index (χ3n) is 3.57. The van der Waals surface area contributed by atoms with Crippen molar-refractivity contribution in [2.45, 2.75) is 19.8 Å². The van der Waals surface area contributed by atoms with E-state index in [0.29, 0.717) is 39.9 Å². The van der Waals surface area contributed by atoms with Gasteiger partial charge in [0.2, 0.25) is 5.89 Å². The van der Waals surface area contributed by atoms with Gasteiger partial charge in [-0.25, -0.2) is 9.78 Å². The summed E-state index contributed by atoms with van der Waals surface area (Å²) in [6.07, 6.45) is 2.05. The summed E-state index contributed by atoms with van der Waals surface area (Å²) in [5.41, 5.74) is 1.77. The maximum Gasteiger partial charge on any atom is 0.335 e. The zero-order chi connectivity index (χ0) is 17.1. The molecule has 0 unspecified atom stereocenters. The summed E-state index contributed by atoms with van der Waals surface area (Å²) in [5.74, 6) is 0.0283. The average molecular weight is 346 g/mol. The molecule has 0 radical (unpaired) electrons. The Morgan fingerprint density at radius 3 is 2.83 bits per heavy atom. The molecule has 1 aromatic heterocycles. The summed E-state index contributed by atoms with van der Waals surface area (Å²) in [7, 11) is 0. The number of aromatic carboxylic acids is 1. The van der Waals surface area contributed by atoms with Crippen molar-refractivity contribution < 1.29 is 19.1 Å². The zero-order valence-corrected chi connectivity index (χ0v) is 13.8. The van der Waals surface area contributed by atoms with Crippen molar-refractivity contribution in [3.63, 3.8) is 0 Å². The van der Waals surface area contributed by atoms with E-state index in [4.69, 9.17) is 25.9 Å². The Morgan fingerprint density at radius 2 is 2.12 bits per heavy atom. The Bertz CT molecular complexity index is 888. The van der Waals surface area contributed by atoms with Gasteiger partial charge < -0.3 is 14.3 Å². The van der Waals surface area contributed by atoms with E-state index in [1.807, 2.05) is 6.07 Å². The average Bonchev–Trinajstić information content (AvgIpc) is 2.97. The van der Waals surface area contributed by atoms with Gasteiger partial charge in [0.05, 0.1) is 22.8 Å². The molecule has 3 rings (SSSR count). The van der Waals surface area contributed by atoms with Crippen molar-refractivity contribution in [2.24, 2.45) is 0 Å². The van der Waals surface area contributed by atoms with Crippen LogP contribution in [0.1, 0.15) is 30.1 Å². The first-order valence-electron chi connectivity index (χ1n) is 7.65. The van der Waals surface area contributed by atoms with Crippen molar-refractivity contribution in [3.05, 3.63) is 47.0 Å². The van der Waals surface area contributed by atoms with Gasteiger partial charge in [-0.3, -0.25) is 0 Å². The molecule has 0 atom stereocenters. The maximum absolute atomic E-state index is 11.0. The fourth-order valence-corrected chi connectivity index (χ4v) is 2.52. The third kappa shape index (κ3) is 3.36. The van der Waals surface area contributed by atoms with Gasteiger partial charge in [0, 0.05) is 0 Å². The summed E-state index contributed by atoms with van der Waals surface area (Å²) in [6, 6.07) is 9.88. The Morgan fingerprint density at radius 1 is 1.29 bits per heavy atom. The first kappa shape index (κ1) is 16.3. The highest BCUT2D eigenvalue weighted by Gasteiger charge is 2.14. The quantitative estimate of drug-likeness (QED) is 0.634. The number of benzene rings is 2. The van der Waals surface area contributed by atoms with Crippen LogP contribution in [-0.2, 0) is 0 Å². The molecule has 5 nitrogen and oxygen atoms in total. The number of carbonyl (C=O) groups is 1. The van der Waals surface area contributed by atoms with Crippen molar-refractivity contribution >= 4 is 28.7 Å². The number of rotatable bonds is 6. The first-order chi connectivity index (χ1) is 11.6. The monoisotopic (exact) mass is 345 g/mol. The van der Waals surface area contributed by atoms with Crippen molar-refractivity contribution in [3.8, 4) is 17.2 Å². The van der Waals surface area contributed by atoms with Gasteiger partial charge in [0.15, 0.2) is 5.58 Å². The standard InChI is InChI=1S/C18H16ClNO4/c1-2-3-8-23-12-5-6-13(14(19)10-12)17-20-15-7-4-11(18(21)22)9-16(15)24-17/h4-7,9-10H,2-3,8H2,1H3,(H,21,22). The number of aromatic nitrogens is 1. The Labute approximate surface area is 143 Å². The third-order valence-corrected chi connectivity index (χ3v) is 3.89. The molecule has 0 spiro atoms. The summed E-state index contributed by atoms with van der Waals surface area (Å²) in [4.78, 5) is 15.4. The highest BCUT2D eigenvalue weighted by Crippen LogP contribution is 2.33. The molecule has 0 amide bonds. The number of unbranched alkanes of at least 4 members (excludes halogenated alkanes) is 1. The van der Waals surface area contributed by atoms with Gasteiger partial charge >= 0.3 is 5.97 Å². The molecule has 0 aliphatic carbocycles. The summed E-state index contributed by atoms with van der Waals surface area (Å²) in [5, 5.41) is 9.50. The maximum atomic E-state index is 11.0. The number of fused-ring (bicyclic) bond motifs is 1. The number of oxazole rings is 1. The summed E-state index contributed by atoms with van der Waals surface area (Å²) in [6.45, 7) is 2.75. The minimum absolute atomic E-state index is 0.149. The Balaban J connectivity index is 1.90. The molecule has 124 valence electrons. The molecule has 0 bridgehead atoms. The van der Waals surface area contributed by atoms with Crippen LogP contribution in [0.5, 0.6) is 5.75 Å². The van der Waals surface area contributed by atoms with Crippen LogP contribution in [0.15, 0.2) is 40.8 Å². The largest absolute Gasteiger partial charge is 0.494 e. The van der Waals surface area contributed by atoms with Crippen LogP contribution >= 0.6 is 11.6 Å². The molecule has 0 saturated carbocycles. The lowest BCUT2D eigenvalue weighted by molar-refractivity contribution is 0.0697. The van der Waals surface area contributed by atoms with Crippen LogP contribution in [0, 0.1) is 0 Å². The van der Waals surface area contributed by atoms with Gasteiger partial charge in [0.25, 0.3) is 0 Å². The number of carboxylic acid groups (broad SMARTS) is 1. The van der Waals surface area contributed by atoms with E-state index in [-0.39, 0.29) is 5.56 Å². The molecule has 0 aliphatic rings. The van der Waals surface area contributed by atoms with Gasteiger partial charge in [-0.05, 0) is 42.8 Å². The van der Waals surface area contributed by atoms with E-state index >= 15 is 0 Å². The normalized spacial score (nSPS) is 10.9. The second-order valence-electron chi connectivity index (χ2n) is 5.35. The summed E-state index contributed by atoms with van der Waals surface area (Å²) < 4.78 is 11.3. The number of hydrogen-bond acceptors (Lipinski definition) is 4. The molecule has 3 aromatic rings. The fourth-order valence-electron chi connectivity index (χ4n) is 2.27. The van der Waals surface area contributed by atoms with Crippen LogP contribution in [0.2, 0.25) is 5.02 Å². The molecule has 0 fully saturated rings. The highest BCUT2D eigenvalue weighted by atomic mass is 35.5. The van der Waals surface area contributed by atoms with Crippen molar-refractivity contribution in [1.29, 1.82) is 0 Å². The SMILES string of the molecule is CCCCOc1ccc(-c2nc3ccc(C(=O)O)cc3o2)c(Cl)c1. The molecule has 0 saturated heterocycles. The fraction of sp³-hybridized carbons (Fsp3) is 0.222. The van der Waals surface area contributed by atoms with E-state index in [2.05, 4.69) is 11.9 Å². The number of hydrogen-bond donors (Lipinski definition) is 1. The summed E-state index contributed by atoms with van der Waals surface area (Å²) >= 11 is 6.31. The van der Waals surface area contributed by atoms with Gasteiger partial charge in [-0.2, -0.15) is 0 Å². The number of ether oxygens (including phenoxy) is 1. The predicted octanol–water partition coefficient (Wildman–Crippen LogP) is 5.03. The number of carboxylic acids is 1. The van der Waals surface area contributed by atoms with Crippen molar-refractivity contribution in [1.82, 2.24) is 4.98 Å². The van der Waals surface area contributed by atoms with E-state index < -0.39 is 5.97 Å². The molecule has 24 heavy (non-hydrogen) atoms. The smallest absolute Gasteiger partial charge is 0.335 e. The molecule has 6 heteroatoms. The molecule has 0 aliphatic heterocycles. The van der Waals surface area contributed by atoms with Crippen LogP contribution in [0.25, 0.3) is 22.6 Å². The highest BCUT2D eigenvalue weighted by molar-refractivity contribution is 6.33. The van der Waals surface area contributed by atoms with Gasteiger partial charge in [-0.15, -0.1) is 0 Å². The van der Waals surface area contributed by atoms with E-state index in [1.54, 1.807) is 18.2 Å². The lowest BCUT2D eigenvalue weighted by atomic mass is 10.2. The molecule has 2 aromatic carbocycles. The minimum atomic E-state index is -1.01. The van der Waals surface area contributed by atoms with Crippen molar-refractivity contribution in [2.75, 3.05) is 6.61 Å². The lowest BCUT2D eigenvalue weighted by Gasteiger charge is -2.07. The Kier molecular flexibility index (Phi) is 4.71.